The Morgan fingerprint density at radius 3 is 2.46 bits per heavy atom. The number of rotatable bonds is 7. The second kappa shape index (κ2) is 9.50. The second-order valence-electron chi connectivity index (χ2n) is 5.34. The molecule has 26 heavy (non-hydrogen) atoms. The summed E-state index contributed by atoms with van der Waals surface area (Å²) in [6.45, 7) is 3.81. The summed E-state index contributed by atoms with van der Waals surface area (Å²) in [4.78, 5) is 25.1. The third-order valence-electron chi connectivity index (χ3n) is 3.47. The van der Waals surface area contributed by atoms with Crippen molar-refractivity contribution in [2.45, 2.75) is 24.0 Å². The minimum atomic E-state index is -0.487. The van der Waals surface area contributed by atoms with Crippen molar-refractivity contribution in [1.82, 2.24) is 0 Å². The molecule has 0 aromatic heterocycles. The maximum Gasteiger partial charge on any atom is 0.339 e. The van der Waals surface area contributed by atoms with Crippen LogP contribution in [-0.2, 0) is 9.53 Å². The van der Waals surface area contributed by atoms with Crippen molar-refractivity contribution in [1.29, 1.82) is 0 Å². The van der Waals surface area contributed by atoms with Crippen molar-refractivity contribution in [3.05, 3.63) is 53.1 Å². The van der Waals surface area contributed by atoms with E-state index in [1.165, 1.54) is 23.9 Å². The Balaban J connectivity index is 1.99. The molecular weight excluding hydrogens is 374 g/mol. The Kier molecular flexibility index (Phi) is 7.36. The van der Waals surface area contributed by atoms with Gasteiger partial charge in [0.25, 0.3) is 0 Å². The summed E-state index contributed by atoms with van der Waals surface area (Å²) in [6, 6.07) is 12.2. The van der Waals surface area contributed by atoms with Gasteiger partial charge >= 0.3 is 5.97 Å². The van der Waals surface area contributed by atoms with Crippen molar-refractivity contribution in [3.8, 4) is 5.75 Å². The molecule has 0 saturated carbocycles. The highest BCUT2D eigenvalue weighted by molar-refractivity contribution is 8.00. The maximum atomic E-state index is 12.4. The van der Waals surface area contributed by atoms with Crippen LogP contribution in [0.4, 0.5) is 5.69 Å². The van der Waals surface area contributed by atoms with Crippen molar-refractivity contribution in [2.75, 3.05) is 19.0 Å². The SMILES string of the molecule is CCOC(=O)c1ccc(NC(=O)[C@H](C)Sc2ccc(OC)cc2)cc1Cl. The van der Waals surface area contributed by atoms with E-state index in [2.05, 4.69) is 5.32 Å². The molecule has 2 aromatic carbocycles. The van der Waals surface area contributed by atoms with Gasteiger partial charge in [-0.15, -0.1) is 11.8 Å². The summed E-state index contributed by atoms with van der Waals surface area (Å²) in [5.41, 5.74) is 0.794. The van der Waals surface area contributed by atoms with Gasteiger partial charge in [-0.2, -0.15) is 0 Å². The van der Waals surface area contributed by atoms with E-state index in [-0.39, 0.29) is 28.4 Å². The van der Waals surface area contributed by atoms with Gasteiger partial charge < -0.3 is 14.8 Å². The maximum absolute atomic E-state index is 12.4. The van der Waals surface area contributed by atoms with Gasteiger partial charge in [-0.3, -0.25) is 4.79 Å². The van der Waals surface area contributed by atoms with Gasteiger partial charge in [0.05, 0.1) is 29.6 Å². The molecular formula is C19H20ClNO4S. The number of esters is 1. The van der Waals surface area contributed by atoms with Crippen LogP contribution in [0.2, 0.25) is 5.02 Å². The molecule has 0 aliphatic carbocycles. The first-order valence-corrected chi connectivity index (χ1v) is 9.28. The Bertz CT molecular complexity index is 780. The number of anilines is 1. The van der Waals surface area contributed by atoms with E-state index in [4.69, 9.17) is 21.1 Å². The van der Waals surface area contributed by atoms with E-state index in [0.717, 1.165) is 10.6 Å². The summed E-state index contributed by atoms with van der Waals surface area (Å²) in [6.07, 6.45) is 0. The van der Waals surface area contributed by atoms with Crippen LogP contribution in [0.1, 0.15) is 24.2 Å². The minimum Gasteiger partial charge on any atom is -0.497 e. The van der Waals surface area contributed by atoms with Crippen molar-refractivity contribution < 1.29 is 19.1 Å². The molecule has 2 aromatic rings. The van der Waals surface area contributed by atoms with Gasteiger partial charge in [0, 0.05) is 10.6 Å². The predicted molar refractivity (Wildman–Crippen MR) is 104 cm³/mol. The van der Waals surface area contributed by atoms with Crippen molar-refractivity contribution >= 4 is 40.9 Å². The molecule has 0 fully saturated rings. The van der Waals surface area contributed by atoms with E-state index in [0.29, 0.717) is 5.69 Å². The molecule has 0 saturated heterocycles. The number of amides is 1. The van der Waals surface area contributed by atoms with Crippen LogP contribution < -0.4 is 10.1 Å². The fourth-order valence-electron chi connectivity index (χ4n) is 2.12. The lowest BCUT2D eigenvalue weighted by molar-refractivity contribution is -0.115. The molecule has 138 valence electrons. The highest BCUT2D eigenvalue weighted by Gasteiger charge is 2.17. The normalized spacial score (nSPS) is 11.5. The minimum absolute atomic E-state index is 0.161. The Labute approximate surface area is 162 Å². The molecule has 0 heterocycles. The number of benzene rings is 2. The quantitative estimate of drug-likeness (QED) is 0.548. The lowest BCUT2D eigenvalue weighted by atomic mass is 10.2. The molecule has 0 aliphatic heterocycles. The molecule has 2 rings (SSSR count). The molecule has 0 unspecified atom stereocenters. The van der Waals surface area contributed by atoms with Gasteiger partial charge in [0.15, 0.2) is 0 Å². The fourth-order valence-corrected chi connectivity index (χ4v) is 3.25. The van der Waals surface area contributed by atoms with E-state index < -0.39 is 5.97 Å². The highest BCUT2D eigenvalue weighted by Crippen LogP contribution is 2.27. The zero-order valence-electron chi connectivity index (χ0n) is 14.7. The number of ether oxygens (including phenoxy) is 2. The van der Waals surface area contributed by atoms with E-state index in [9.17, 15) is 9.59 Å². The predicted octanol–water partition coefficient (Wildman–Crippen LogP) is 4.64. The smallest absolute Gasteiger partial charge is 0.339 e. The van der Waals surface area contributed by atoms with Crippen LogP contribution in [0.15, 0.2) is 47.4 Å². The molecule has 0 radical (unpaired) electrons. The summed E-state index contributed by atoms with van der Waals surface area (Å²) in [5.74, 6) is 0.118. The van der Waals surface area contributed by atoms with Gasteiger partial charge in [0.1, 0.15) is 5.75 Å². The molecule has 0 bridgehead atoms. The Morgan fingerprint density at radius 1 is 1.19 bits per heavy atom. The highest BCUT2D eigenvalue weighted by atomic mass is 35.5. The Morgan fingerprint density at radius 2 is 1.88 bits per heavy atom. The van der Waals surface area contributed by atoms with Crippen LogP contribution >= 0.6 is 23.4 Å². The molecule has 7 heteroatoms. The van der Waals surface area contributed by atoms with Gasteiger partial charge in [-0.25, -0.2) is 4.79 Å². The molecule has 0 aliphatic rings. The van der Waals surface area contributed by atoms with Crippen LogP contribution in [0.5, 0.6) is 5.75 Å². The van der Waals surface area contributed by atoms with Gasteiger partial charge in [-0.05, 0) is 56.3 Å². The molecule has 1 N–H and O–H groups in total. The number of halogens is 1. The molecule has 1 amide bonds. The molecule has 1 atom stereocenters. The third kappa shape index (κ3) is 5.41. The largest absolute Gasteiger partial charge is 0.497 e. The summed E-state index contributed by atoms with van der Waals surface area (Å²) < 4.78 is 10.0. The zero-order valence-corrected chi connectivity index (χ0v) is 16.3. The Hall–Kier alpha value is -2.18. The van der Waals surface area contributed by atoms with E-state index in [1.54, 1.807) is 20.1 Å². The summed E-state index contributed by atoms with van der Waals surface area (Å²) >= 11 is 7.55. The second-order valence-corrected chi connectivity index (χ2v) is 7.16. The van der Waals surface area contributed by atoms with Gasteiger partial charge in [0.2, 0.25) is 5.91 Å². The van der Waals surface area contributed by atoms with Crippen molar-refractivity contribution in [2.24, 2.45) is 0 Å². The van der Waals surface area contributed by atoms with E-state index >= 15 is 0 Å². The van der Waals surface area contributed by atoms with Crippen LogP contribution in [-0.4, -0.2) is 30.8 Å². The number of thioether (sulfide) groups is 1. The number of methoxy groups -OCH3 is 1. The number of hydrogen-bond donors (Lipinski definition) is 1. The topological polar surface area (TPSA) is 64.6 Å². The number of hydrogen-bond acceptors (Lipinski definition) is 5. The van der Waals surface area contributed by atoms with Gasteiger partial charge in [-0.1, -0.05) is 11.6 Å². The third-order valence-corrected chi connectivity index (χ3v) is 4.90. The summed E-state index contributed by atoms with van der Waals surface area (Å²) in [7, 11) is 1.61. The first-order chi connectivity index (χ1) is 12.4. The van der Waals surface area contributed by atoms with E-state index in [1.807, 2.05) is 31.2 Å². The fraction of sp³-hybridized carbons (Fsp3) is 0.263. The summed E-state index contributed by atoms with van der Waals surface area (Å²) in [5, 5.41) is 2.72. The van der Waals surface area contributed by atoms with Crippen LogP contribution in [0, 0.1) is 0 Å². The van der Waals surface area contributed by atoms with Crippen LogP contribution in [0.25, 0.3) is 0 Å². The first kappa shape index (κ1) is 20.1. The number of carbonyl (C=O) groups excluding carboxylic acids is 2. The average molecular weight is 394 g/mol. The van der Waals surface area contributed by atoms with Crippen molar-refractivity contribution in [3.63, 3.8) is 0 Å². The lowest BCUT2D eigenvalue weighted by Gasteiger charge is -2.13. The number of nitrogens with one attached hydrogen (secondary N) is 1. The molecule has 5 nitrogen and oxygen atoms in total. The molecule has 0 spiro atoms. The van der Waals surface area contributed by atoms with Crippen LogP contribution in [0.3, 0.4) is 0 Å². The first-order valence-electron chi connectivity index (χ1n) is 8.02. The standard InChI is InChI=1S/C19H20ClNO4S/c1-4-25-19(23)16-10-5-13(11-17(16)20)21-18(22)12(2)26-15-8-6-14(24-3)7-9-15/h5-12H,4H2,1-3H3,(H,21,22)/t12-/m0/s1. The average Bonchev–Trinajstić information content (AvgIpc) is 2.62. The number of carbonyl (C=O) groups is 2. The monoisotopic (exact) mass is 393 g/mol. The lowest BCUT2D eigenvalue weighted by Crippen LogP contribution is -2.22. The zero-order chi connectivity index (χ0) is 19.1.